The number of halogens is 1. The summed E-state index contributed by atoms with van der Waals surface area (Å²) in [5.41, 5.74) is 3.90. The van der Waals surface area contributed by atoms with Gasteiger partial charge in [-0.25, -0.2) is 9.59 Å². The van der Waals surface area contributed by atoms with Crippen molar-refractivity contribution in [2.45, 2.75) is 20.4 Å². The van der Waals surface area contributed by atoms with E-state index in [2.05, 4.69) is 30.6 Å². The number of carbonyl (C=O) groups is 3. The van der Waals surface area contributed by atoms with Crippen molar-refractivity contribution < 1.29 is 23.5 Å². The summed E-state index contributed by atoms with van der Waals surface area (Å²) in [7, 11) is 1.24. The number of ether oxygens (including phenoxy) is 1. The molecule has 3 amide bonds. The third-order valence-corrected chi connectivity index (χ3v) is 5.65. The Bertz CT molecular complexity index is 1270. The maximum atomic E-state index is 12.9. The van der Waals surface area contributed by atoms with Crippen molar-refractivity contribution in [3.63, 3.8) is 0 Å². The molecule has 1 saturated heterocycles. The molecular weight excluding hydrogens is 478 g/mol. The third kappa shape index (κ3) is 3.99. The summed E-state index contributed by atoms with van der Waals surface area (Å²) < 4.78 is 13.0. The van der Waals surface area contributed by atoms with E-state index in [9.17, 15) is 14.4 Å². The van der Waals surface area contributed by atoms with E-state index >= 15 is 0 Å². The number of benzene rings is 1. The summed E-state index contributed by atoms with van der Waals surface area (Å²) in [6.45, 7) is 3.83. The minimum absolute atomic E-state index is 0.00491. The number of hydrogen-bond donors (Lipinski definition) is 1. The second-order valence-electron chi connectivity index (χ2n) is 7.28. The lowest BCUT2D eigenvalue weighted by molar-refractivity contribution is -0.123. The van der Waals surface area contributed by atoms with Gasteiger partial charge in [-0.05, 0) is 61.9 Å². The molecule has 164 valence electrons. The fraction of sp³-hybridized carbons (Fsp3) is 0.174. The number of urea groups is 1. The van der Waals surface area contributed by atoms with E-state index in [1.165, 1.54) is 19.2 Å². The second kappa shape index (κ2) is 8.51. The van der Waals surface area contributed by atoms with E-state index in [1.54, 1.807) is 6.08 Å². The van der Waals surface area contributed by atoms with Gasteiger partial charge in [-0.2, -0.15) is 0 Å². The zero-order chi connectivity index (χ0) is 23.0. The normalized spacial score (nSPS) is 14.9. The van der Waals surface area contributed by atoms with Crippen LogP contribution in [0, 0.1) is 13.8 Å². The highest BCUT2D eigenvalue weighted by molar-refractivity contribution is 9.10. The Morgan fingerprint density at radius 2 is 1.97 bits per heavy atom. The van der Waals surface area contributed by atoms with E-state index in [-0.39, 0.29) is 18.0 Å². The highest BCUT2D eigenvalue weighted by atomic mass is 79.9. The van der Waals surface area contributed by atoms with Crippen molar-refractivity contribution in [3.8, 4) is 5.69 Å². The molecule has 0 radical (unpaired) electrons. The van der Waals surface area contributed by atoms with E-state index in [1.807, 2.05) is 44.2 Å². The number of nitrogens with one attached hydrogen (secondary N) is 1. The molecule has 1 fully saturated rings. The lowest BCUT2D eigenvalue weighted by Gasteiger charge is -2.10. The standard InChI is InChI=1S/C23H20BrN3O5/c1-13-9-15(14(2)27(13)17-6-4-5-16(24)11-17)10-19-21(28)26(23(30)25-19)12-18-7-8-20(32-18)22(29)31-3/h4-11H,12H2,1-3H3,(H,25,30). The minimum atomic E-state index is -0.630. The summed E-state index contributed by atoms with van der Waals surface area (Å²) in [5, 5.41) is 2.62. The van der Waals surface area contributed by atoms with Gasteiger partial charge in [-0.1, -0.05) is 22.0 Å². The summed E-state index contributed by atoms with van der Waals surface area (Å²) in [4.78, 5) is 37.8. The minimum Gasteiger partial charge on any atom is -0.463 e. The average molecular weight is 498 g/mol. The van der Waals surface area contributed by atoms with Crippen molar-refractivity contribution in [1.82, 2.24) is 14.8 Å². The molecule has 1 aliphatic rings. The number of imide groups is 1. The number of methoxy groups -OCH3 is 1. The van der Waals surface area contributed by atoms with E-state index in [0.717, 1.165) is 32.0 Å². The van der Waals surface area contributed by atoms with Crippen LogP contribution in [-0.4, -0.2) is 34.5 Å². The lowest BCUT2D eigenvalue weighted by atomic mass is 10.2. The van der Waals surface area contributed by atoms with Gasteiger partial charge in [0.1, 0.15) is 11.5 Å². The molecule has 3 aromatic rings. The van der Waals surface area contributed by atoms with Crippen molar-refractivity contribution >= 4 is 39.9 Å². The molecule has 0 aliphatic carbocycles. The van der Waals surface area contributed by atoms with Gasteiger partial charge < -0.3 is 19.0 Å². The zero-order valence-electron chi connectivity index (χ0n) is 17.6. The van der Waals surface area contributed by atoms with Gasteiger partial charge in [0.15, 0.2) is 0 Å². The monoisotopic (exact) mass is 497 g/mol. The fourth-order valence-electron chi connectivity index (χ4n) is 3.65. The number of carbonyl (C=O) groups excluding carboxylic acids is 3. The molecular formula is C23H20BrN3O5. The molecule has 1 N–H and O–H groups in total. The molecule has 4 rings (SSSR count). The first-order chi connectivity index (χ1) is 15.3. The van der Waals surface area contributed by atoms with Crippen LogP contribution in [0.25, 0.3) is 11.8 Å². The van der Waals surface area contributed by atoms with Crippen LogP contribution >= 0.6 is 15.9 Å². The summed E-state index contributed by atoms with van der Waals surface area (Å²) >= 11 is 3.49. The molecule has 9 heteroatoms. The highest BCUT2D eigenvalue weighted by Gasteiger charge is 2.34. The number of aromatic nitrogens is 1. The fourth-order valence-corrected chi connectivity index (χ4v) is 4.03. The van der Waals surface area contributed by atoms with Gasteiger partial charge >= 0.3 is 12.0 Å². The molecule has 0 bridgehead atoms. The molecule has 0 atom stereocenters. The Hall–Kier alpha value is -3.59. The van der Waals surface area contributed by atoms with Crippen LogP contribution < -0.4 is 5.32 Å². The number of amides is 3. The lowest BCUT2D eigenvalue weighted by Crippen LogP contribution is -2.30. The van der Waals surface area contributed by atoms with Crippen LogP contribution in [0.3, 0.4) is 0 Å². The molecule has 0 spiro atoms. The number of hydrogen-bond acceptors (Lipinski definition) is 5. The van der Waals surface area contributed by atoms with Crippen molar-refractivity contribution in [3.05, 3.63) is 81.1 Å². The quantitative estimate of drug-likeness (QED) is 0.321. The van der Waals surface area contributed by atoms with Gasteiger partial charge in [0.2, 0.25) is 5.76 Å². The molecule has 1 aliphatic heterocycles. The molecule has 0 unspecified atom stereocenters. The molecule has 2 aromatic heterocycles. The van der Waals surface area contributed by atoms with E-state index in [4.69, 9.17) is 4.42 Å². The zero-order valence-corrected chi connectivity index (χ0v) is 19.2. The van der Waals surface area contributed by atoms with Crippen molar-refractivity contribution in [2.75, 3.05) is 7.11 Å². The Morgan fingerprint density at radius 1 is 1.19 bits per heavy atom. The first kappa shape index (κ1) is 21.6. The molecule has 3 heterocycles. The van der Waals surface area contributed by atoms with Crippen LogP contribution in [0.2, 0.25) is 0 Å². The molecule has 0 saturated carbocycles. The number of nitrogens with zero attached hydrogens (tertiary/aromatic N) is 2. The van der Waals surface area contributed by atoms with Gasteiger partial charge in [0, 0.05) is 21.5 Å². The Morgan fingerprint density at radius 3 is 2.69 bits per heavy atom. The SMILES string of the molecule is COC(=O)c1ccc(CN2C(=O)NC(=Cc3cc(C)n(-c4cccc(Br)c4)c3C)C2=O)o1. The van der Waals surface area contributed by atoms with Gasteiger partial charge in [0.05, 0.1) is 13.7 Å². The number of furan rings is 1. The van der Waals surface area contributed by atoms with E-state index in [0.29, 0.717) is 5.76 Å². The van der Waals surface area contributed by atoms with Crippen LogP contribution in [-0.2, 0) is 16.1 Å². The maximum Gasteiger partial charge on any atom is 0.373 e. The summed E-state index contributed by atoms with van der Waals surface area (Å²) in [6.07, 6.45) is 1.67. The molecule has 1 aromatic carbocycles. The summed E-state index contributed by atoms with van der Waals surface area (Å²) in [5.74, 6) is -0.804. The van der Waals surface area contributed by atoms with Crippen molar-refractivity contribution in [1.29, 1.82) is 0 Å². The van der Waals surface area contributed by atoms with E-state index < -0.39 is 17.9 Å². The van der Waals surface area contributed by atoms with Crippen LogP contribution in [0.1, 0.15) is 33.3 Å². The van der Waals surface area contributed by atoms with Gasteiger partial charge in [-0.15, -0.1) is 0 Å². The maximum absolute atomic E-state index is 12.9. The Labute approximate surface area is 192 Å². The van der Waals surface area contributed by atoms with Crippen LogP contribution in [0.15, 0.2) is 57.1 Å². The largest absolute Gasteiger partial charge is 0.463 e. The van der Waals surface area contributed by atoms with Crippen LogP contribution in [0.5, 0.6) is 0 Å². The predicted octanol–water partition coefficient (Wildman–Crippen LogP) is 4.33. The van der Waals surface area contributed by atoms with Crippen LogP contribution in [0.4, 0.5) is 4.79 Å². The first-order valence-corrected chi connectivity index (χ1v) is 10.5. The Kier molecular flexibility index (Phi) is 5.75. The average Bonchev–Trinajstić information content (AvgIpc) is 3.41. The van der Waals surface area contributed by atoms with Gasteiger partial charge in [0.25, 0.3) is 5.91 Å². The first-order valence-electron chi connectivity index (χ1n) is 9.75. The summed E-state index contributed by atoms with van der Waals surface area (Å²) in [6, 6.07) is 12.3. The number of rotatable bonds is 5. The number of esters is 1. The van der Waals surface area contributed by atoms with Crippen molar-refractivity contribution in [2.24, 2.45) is 0 Å². The molecule has 32 heavy (non-hydrogen) atoms. The smallest absolute Gasteiger partial charge is 0.373 e. The second-order valence-corrected chi connectivity index (χ2v) is 8.19. The Balaban J connectivity index is 1.59. The number of aryl methyl sites for hydroxylation is 1. The highest BCUT2D eigenvalue weighted by Crippen LogP contribution is 2.26. The predicted molar refractivity (Wildman–Crippen MR) is 120 cm³/mol. The topological polar surface area (TPSA) is 93.8 Å². The van der Waals surface area contributed by atoms with Gasteiger partial charge in [-0.3, -0.25) is 9.69 Å². The molecule has 8 nitrogen and oxygen atoms in total. The third-order valence-electron chi connectivity index (χ3n) is 5.16.